The molecule has 1 aliphatic rings. The van der Waals surface area contributed by atoms with E-state index in [1.807, 2.05) is 13.8 Å². The molecule has 0 amide bonds. The van der Waals surface area contributed by atoms with Crippen LogP contribution in [0.2, 0.25) is 0 Å². The summed E-state index contributed by atoms with van der Waals surface area (Å²) in [6.45, 7) is 5.87. The van der Waals surface area contributed by atoms with Gasteiger partial charge in [0.1, 0.15) is 0 Å². The molecule has 1 rings (SSSR count). The maximum Gasteiger partial charge on any atom is 0.313 e. The third kappa shape index (κ3) is 3.15. The van der Waals surface area contributed by atoms with E-state index in [9.17, 15) is 14.7 Å². The maximum absolute atomic E-state index is 12.6. The molecule has 4 nitrogen and oxygen atoms in total. The van der Waals surface area contributed by atoms with Gasteiger partial charge in [-0.05, 0) is 38.5 Å². The van der Waals surface area contributed by atoms with Crippen molar-refractivity contribution in [2.75, 3.05) is 6.61 Å². The Kier molecular flexibility index (Phi) is 6.50. The van der Waals surface area contributed by atoms with Crippen LogP contribution in [0.25, 0.3) is 0 Å². The van der Waals surface area contributed by atoms with Gasteiger partial charge in [-0.15, -0.1) is 0 Å². The van der Waals surface area contributed by atoms with Crippen LogP contribution in [0.4, 0.5) is 0 Å². The molecule has 20 heavy (non-hydrogen) atoms. The molecule has 0 aromatic rings. The topological polar surface area (TPSA) is 63.6 Å². The third-order valence-corrected chi connectivity index (χ3v) is 4.90. The molecule has 0 aromatic carbocycles. The van der Waals surface area contributed by atoms with Gasteiger partial charge in [-0.3, -0.25) is 9.59 Å². The SMILES string of the molecule is CCOC(=O)C(CC)(C1CCCCC1)C(CC)C(=O)O. The Morgan fingerprint density at radius 2 is 1.80 bits per heavy atom. The van der Waals surface area contributed by atoms with Crippen molar-refractivity contribution in [1.29, 1.82) is 0 Å². The van der Waals surface area contributed by atoms with Crippen LogP contribution < -0.4 is 0 Å². The van der Waals surface area contributed by atoms with E-state index < -0.39 is 17.3 Å². The Balaban J connectivity index is 3.19. The Morgan fingerprint density at radius 3 is 2.20 bits per heavy atom. The smallest absolute Gasteiger partial charge is 0.313 e. The van der Waals surface area contributed by atoms with E-state index in [1.165, 1.54) is 6.42 Å². The zero-order chi connectivity index (χ0) is 15.2. The average Bonchev–Trinajstić information content (AvgIpc) is 2.45. The van der Waals surface area contributed by atoms with Crippen molar-refractivity contribution in [2.24, 2.45) is 17.3 Å². The van der Waals surface area contributed by atoms with Crippen molar-refractivity contribution in [2.45, 2.75) is 65.7 Å². The van der Waals surface area contributed by atoms with Crippen LogP contribution in [0.1, 0.15) is 65.7 Å². The molecule has 1 aliphatic carbocycles. The number of carbonyl (C=O) groups excluding carboxylic acids is 1. The maximum atomic E-state index is 12.6. The molecule has 1 saturated carbocycles. The summed E-state index contributed by atoms with van der Waals surface area (Å²) in [7, 11) is 0. The first-order valence-electron chi connectivity index (χ1n) is 7.94. The van der Waals surface area contributed by atoms with Gasteiger partial charge in [-0.2, -0.15) is 0 Å². The number of carboxylic acids is 1. The number of hydrogen-bond acceptors (Lipinski definition) is 3. The van der Waals surface area contributed by atoms with Crippen molar-refractivity contribution in [3.63, 3.8) is 0 Å². The van der Waals surface area contributed by atoms with Crippen LogP contribution in [0.15, 0.2) is 0 Å². The van der Waals surface area contributed by atoms with E-state index in [4.69, 9.17) is 4.74 Å². The molecule has 0 bridgehead atoms. The first-order chi connectivity index (χ1) is 9.54. The lowest BCUT2D eigenvalue weighted by Crippen LogP contribution is -2.49. The molecule has 2 atom stereocenters. The molecule has 0 saturated heterocycles. The minimum absolute atomic E-state index is 0.140. The predicted octanol–water partition coefficient (Wildman–Crippen LogP) is 3.64. The molecule has 2 unspecified atom stereocenters. The van der Waals surface area contributed by atoms with Gasteiger partial charge in [0, 0.05) is 0 Å². The summed E-state index contributed by atoms with van der Waals surface area (Å²) in [6.07, 6.45) is 6.25. The monoisotopic (exact) mass is 284 g/mol. The summed E-state index contributed by atoms with van der Waals surface area (Å²) in [5.74, 6) is -1.67. The van der Waals surface area contributed by atoms with Crippen LogP contribution in [-0.4, -0.2) is 23.7 Å². The van der Waals surface area contributed by atoms with Gasteiger partial charge < -0.3 is 9.84 Å². The van der Waals surface area contributed by atoms with Gasteiger partial charge in [0.15, 0.2) is 0 Å². The molecule has 1 fully saturated rings. The standard InChI is InChI=1S/C16H28O4/c1-4-13(14(17)18)16(5-2,15(19)20-6-3)12-10-8-7-9-11-12/h12-13H,4-11H2,1-3H3,(H,17,18). The fraction of sp³-hybridized carbons (Fsp3) is 0.875. The van der Waals surface area contributed by atoms with E-state index >= 15 is 0 Å². The van der Waals surface area contributed by atoms with Crippen LogP contribution >= 0.6 is 0 Å². The number of ether oxygens (including phenoxy) is 1. The summed E-state index contributed by atoms with van der Waals surface area (Å²) in [5.41, 5.74) is -0.850. The number of hydrogen-bond donors (Lipinski definition) is 1. The highest BCUT2D eigenvalue weighted by atomic mass is 16.5. The Bertz CT molecular complexity index is 333. The minimum Gasteiger partial charge on any atom is -0.481 e. The number of carboxylic acid groups (broad SMARTS) is 1. The van der Waals surface area contributed by atoms with Gasteiger partial charge in [0.05, 0.1) is 17.9 Å². The lowest BCUT2D eigenvalue weighted by molar-refractivity contribution is -0.174. The third-order valence-electron chi connectivity index (χ3n) is 4.90. The van der Waals surface area contributed by atoms with E-state index in [-0.39, 0.29) is 11.9 Å². The fourth-order valence-electron chi connectivity index (χ4n) is 3.92. The second kappa shape index (κ2) is 7.65. The zero-order valence-electron chi connectivity index (χ0n) is 13.0. The number of esters is 1. The Morgan fingerprint density at radius 1 is 1.20 bits per heavy atom. The minimum atomic E-state index is -0.868. The number of aliphatic carboxylic acids is 1. The highest BCUT2D eigenvalue weighted by Gasteiger charge is 2.53. The largest absolute Gasteiger partial charge is 0.481 e. The predicted molar refractivity (Wildman–Crippen MR) is 77.3 cm³/mol. The van der Waals surface area contributed by atoms with Crippen LogP contribution in [0.5, 0.6) is 0 Å². The number of rotatable bonds is 7. The van der Waals surface area contributed by atoms with Crippen molar-refractivity contribution in [3.05, 3.63) is 0 Å². The average molecular weight is 284 g/mol. The van der Waals surface area contributed by atoms with Crippen LogP contribution in [-0.2, 0) is 14.3 Å². The van der Waals surface area contributed by atoms with Gasteiger partial charge in [-0.25, -0.2) is 0 Å². The van der Waals surface area contributed by atoms with Crippen LogP contribution in [0, 0.1) is 17.3 Å². The summed E-state index contributed by atoms with van der Waals surface area (Å²) in [6, 6.07) is 0. The van der Waals surface area contributed by atoms with Gasteiger partial charge in [-0.1, -0.05) is 33.1 Å². The summed E-state index contributed by atoms with van der Waals surface area (Å²) < 4.78 is 5.28. The van der Waals surface area contributed by atoms with Crippen molar-refractivity contribution in [3.8, 4) is 0 Å². The van der Waals surface area contributed by atoms with Crippen molar-refractivity contribution in [1.82, 2.24) is 0 Å². The second-order valence-electron chi connectivity index (χ2n) is 5.75. The summed E-state index contributed by atoms with van der Waals surface area (Å²) in [5, 5.41) is 9.58. The zero-order valence-corrected chi connectivity index (χ0v) is 13.0. The lowest BCUT2D eigenvalue weighted by atomic mass is 9.60. The molecular weight excluding hydrogens is 256 g/mol. The Hall–Kier alpha value is -1.06. The molecule has 0 heterocycles. The summed E-state index contributed by atoms with van der Waals surface area (Å²) >= 11 is 0. The highest BCUT2D eigenvalue weighted by molar-refractivity contribution is 5.85. The first-order valence-corrected chi connectivity index (χ1v) is 7.94. The number of carbonyl (C=O) groups is 2. The molecule has 1 N–H and O–H groups in total. The molecule has 0 aromatic heterocycles. The summed E-state index contributed by atoms with van der Waals surface area (Å²) in [4.78, 5) is 24.3. The molecule has 0 spiro atoms. The molecule has 0 radical (unpaired) electrons. The van der Waals surface area contributed by atoms with Gasteiger partial charge in [0.2, 0.25) is 0 Å². The van der Waals surface area contributed by atoms with E-state index in [0.717, 1.165) is 25.7 Å². The second-order valence-corrected chi connectivity index (χ2v) is 5.75. The van der Waals surface area contributed by atoms with E-state index in [2.05, 4.69) is 0 Å². The molecule has 4 heteroatoms. The Labute approximate surface area is 121 Å². The van der Waals surface area contributed by atoms with E-state index in [1.54, 1.807) is 6.92 Å². The lowest BCUT2D eigenvalue weighted by Gasteiger charge is -2.43. The first kappa shape index (κ1) is 17.0. The molecule has 0 aliphatic heterocycles. The molecular formula is C16H28O4. The quantitative estimate of drug-likeness (QED) is 0.725. The van der Waals surface area contributed by atoms with Crippen molar-refractivity contribution >= 4 is 11.9 Å². The van der Waals surface area contributed by atoms with Crippen molar-refractivity contribution < 1.29 is 19.4 Å². The van der Waals surface area contributed by atoms with Gasteiger partial charge in [0.25, 0.3) is 0 Å². The molecule has 116 valence electrons. The van der Waals surface area contributed by atoms with Gasteiger partial charge >= 0.3 is 11.9 Å². The fourth-order valence-corrected chi connectivity index (χ4v) is 3.92. The normalized spacial score (nSPS) is 20.9. The van der Waals surface area contributed by atoms with E-state index in [0.29, 0.717) is 19.4 Å². The van der Waals surface area contributed by atoms with Crippen LogP contribution in [0.3, 0.4) is 0 Å². The highest BCUT2D eigenvalue weighted by Crippen LogP contribution is 2.48.